The van der Waals surface area contributed by atoms with E-state index in [1.54, 1.807) is 30.2 Å². The first kappa shape index (κ1) is 26.0. The minimum Gasteiger partial charge on any atom is -0.493 e. The summed E-state index contributed by atoms with van der Waals surface area (Å²) >= 11 is 0. The van der Waals surface area contributed by atoms with Crippen LogP contribution in [-0.2, 0) is 11.2 Å². The van der Waals surface area contributed by atoms with Gasteiger partial charge >= 0.3 is 0 Å². The Labute approximate surface area is 207 Å². The molecule has 7 nitrogen and oxygen atoms in total. The van der Waals surface area contributed by atoms with Crippen LogP contribution in [0.1, 0.15) is 55.1 Å². The van der Waals surface area contributed by atoms with E-state index in [9.17, 15) is 9.59 Å². The third-order valence-electron chi connectivity index (χ3n) is 5.93. The van der Waals surface area contributed by atoms with Crippen LogP contribution in [0.25, 0.3) is 11.3 Å². The first-order valence-corrected chi connectivity index (χ1v) is 12.1. The summed E-state index contributed by atoms with van der Waals surface area (Å²) < 4.78 is 11.1. The second-order valence-electron chi connectivity index (χ2n) is 8.64. The summed E-state index contributed by atoms with van der Waals surface area (Å²) in [7, 11) is 3.40. The number of carbonyl (C=O) groups excluding carboxylic acids is 2. The molecule has 0 spiro atoms. The number of hydrogen-bond acceptors (Lipinski definition) is 5. The largest absolute Gasteiger partial charge is 0.493 e. The molecule has 3 aromatic rings. The van der Waals surface area contributed by atoms with Gasteiger partial charge in [-0.1, -0.05) is 36.8 Å². The van der Waals surface area contributed by atoms with Gasteiger partial charge < -0.3 is 14.4 Å². The van der Waals surface area contributed by atoms with E-state index in [-0.39, 0.29) is 11.7 Å². The molecule has 0 radical (unpaired) electrons. The molecule has 0 unspecified atom stereocenters. The van der Waals surface area contributed by atoms with Gasteiger partial charge in [-0.15, -0.1) is 0 Å². The molecule has 0 bridgehead atoms. The lowest BCUT2D eigenvalue weighted by Gasteiger charge is -2.17. The van der Waals surface area contributed by atoms with Gasteiger partial charge in [0.1, 0.15) is 0 Å². The number of methoxy groups -OCH3 is 1. The van der Waals surface area contributed by atoms with Crippen LogP contribution in [0.2, 0.25) is 0 Å². The Morgan fingerprint density at radius 1 is 0.971 bits per heavy atom. The van der Waals surface area contributed by atoms with Gasteiger partial charge in [-0.25, -0.2) is 0 Å². The Kier molecular flexibility index (Phi) is 9.90. The average Bonchev–Trinajstić information content (AvgIpc) is 3.35. The molecule has 7 heteroatoms. The van der Waals surface area contributed by atoms with Crippen molar-refractivity contribution >= 4 is 11.7 Å². The average molecular weight is 478 g/mol. The SMILES string of the molecule is COc1cc(C(C)=O)ccc1OCCCC(=O)N(C)CCCCCc1cc(-c2ccccc2)n[nH]1. The molecule has 1 N–H and O–H groups in total. The van der Waals surface area contributed by atoms with Crippen LogP contribution in [0, 0.1) is 0 Å². The molecular weight excluding hydrogens is 442 g/mol. The van der Waals surface area contributed by atoms with Gasteiger partial charge in [0.05, 0.1) is 19.4 Å². The first-order chi connectivity index (χ1) is 17.0. The van der Waals surface area contributed by atoms with Crippen molar-refractivity contribution in [3.63, 3.8) is 0 Å². The molecule has 0 saturated carbocycles. The van der Waals surface area contributed by atoms with E-state index in [0.29, 0.717) is 36.5 Å². The number of carbonyl (C=O) groups is 2. The van der Waals surface area contributed by atoms with Crippen LogP contribution in [0.15, 0.2) is 54.6 Å². The van der Waals surface area contributed by atoms with Crippen LogP contribution in [0.5, 0.6) is 11.5 Å². The maximum Gasteiger partial charge on any atom is 0.222 e. The van der Waals surface area contributed by atoms with E-state index >= 15 is 0 Å². The minimum atomic E-state index is -0.0259. The number of amides is 1. The van der Waals surface area contributed by atoms with Crippen molar-refractivity contribution in [1.29, 1.82) is 0 Å². The number of aryl methyl sites for hydroxylation is 1. The summed E-state index contributed by atoms with van der Waals surface area (Å²) in [5.41, 5.74) is 3.81. The molecule has 1 heterocycles. The van der Waals surface area contributed by atoms with E-state index in [1.165, 1.54) is 6.92 Å². The number of ether oxygens (including phenoxy) is 2. The van der Waals surface area contributed by atoms with Crippen LogP contribution < -0.4 is 9.47 Å². The zero-order chi connectivity index (χ0) is 25.0. The highest BCUT2D eigenvalue weighted by Crippen LogP contribution is 2.28. The zero-order valence-electron chi connectivity index (χ0n) is 20.9. The lowest BCUT2D eigenvalue weighted by atomic mass is 10.1. The summed E-state index contributed by atoms with van der Waals surface area (Å²) in [6.07, 6.45) is 5.07. The van der Waals surface area contributed by atoms with Crippen LogP contribution in [0.4, 0.5) is 0 Å². The molecule has 0 aliphatic heterocycles. The Morgan fingerprint density at radius 2 is 1.77 bits per heavy atom. The number of unbranched alkanes of at least 4 members (excludes halogenated alkanes) is 2. The molecule has 1 amide bonds. The van der Waals surface area contributed by atoms with Crippen molar-refractivity contribution in [3.8, 4) is 22.8 Å². The normalized spacial score (nSPS) is 10.7. The zero-order valence-corrected chi connectivity index (χ0v) is 20.9. The number of benzene rings is 2. The lowest BCUT2D eigenvalue weighted by Crippen LogP contribution is -2.27. The highest BCUT2D eigenvalue weighted by atomic mass is 16.5. The molecule has 186 valence electrons. The molecule has 0 fully saturated rings. The van der Waals surface area contributed by atoms with Gasteiger partial charge in [-0.05, 0) is 56.9 Å². The predicted octanol–water partition coefficient (Wildman–Crippen LogP) is 5.32. The molecule has 0 aliphatic rings. The Balaban J connectivity index is 1.29. The van der Waals surface area contributed by atoms with Crippen molar-refractivity contribution in [3.05, 3.63) is 65.9 Å². The smallest absolute Gasteiger partial charge is 0.222 e. The number of ketones is 1. The topological polar surface area (TPSA) is 84.5 Å². The number of hydrogen-bond donors (Lipinski definition) is 1. The summed E-state index contributed by atoms with van der Waals surface area (Å²) in [4.78, 5) is 25.7. The van der Waals surface area contributed by atoms with Crippen LogP contribution in [-0.4, -0.2) is 54.1 Å². The van der Waals surface area contributed by atoms with Gasteiger partial charge in [-0.3, -0.25) is 14.7 Å². The van der Waals surface area contributed by atoms with Crippen molar-refractivity contribution in [1.82, 2.24) is 15.1 Å². The minimum absolute atomic E-state index is 0.0259. The molecule has 0 atom stereocenters. The molecular formula is C28H35N3O4. The Bertz CT molecular complexity index is 1090. The third kappa shape index (κ3) is 7.98. The van der Waals surface area contributed by atoms with Gasteiger partial charge in [-0.2, -0.15) is 5.10 Å². The lowest BCUT2D eigenvalue weighted by molar-refractivity contribution is -0.130. The number of aromatic amines is 1. The van der Waals surface area contributed by atoms with Crippen molar-refractivity contribution in [2.24, 2.45) is 0 Å². The maximum atomic E-state index is 12.4. The highest BCUT2D eigenvalue weighted by Gasteiger charge is 2.11. The van der Waals surface area contributed by atoms with E-state index in [4.69, 9.17) is 9.47 Å². The maximum absolute atomic E-state index is 12.4. The Morgan fingerprint density at radius 3 is 2.51 bits per heavy atom. The van der Waals surface area contributed by atoms with Gasteiger partial charge in [0.25, 0.3) is 0 Å². The number of nitrogens with one attached hydrogen (secondary N) is 1. The Hall–Kier alpha value is -3.61. The predicted molar refractivity (Wildman–Crippen MR) is 137 cm³/mol. The van der Waals surface area contributed by atoms with Crippen molar-refractivity contribution < 1.29 is 19.1 Å². The van der Waals surface area contributed by atoms with Crippen LogP contribution in [0.3, 0.4) is 0 Å². The van der Waals surface area contributed by atoms with E-state index in [2.05, 4.69) is 28.4 Å². The van der Waals surface area contributed by atoms with Gasteiger partial charge in [0.15, 0.2) is 17.3 Å². The molecule has 1 aromatic heterocycles. The monoisotopic (exact) mass is 477 g/mol. The second kappa shape index (κ2) is 13.3. The number of nitrogens with zero attached hydrogens (tertiary/aromatic N) is 2. The fraction of sp³-hybridized carbons (Fsp3) is 0.393. The standard InChI is InChI=1S/C28H35N3O4/c1-21(32)23-15-16-26(27(19-23)34-3)35-18-10-14-28(33)31(2)17-9-5-8-13-24-20-25(30-29-24)22-11-6-4-7-12-22/h4,6-7,11-12,15-16,19-20H,5,8-10,13-14,17-18H2,1-3H3,(H,29,30). The fourth-order valence-electron chi connectivity index (χ4n) is 3.81. The summed E-state index contributed by atoms with van der Waals surface area (Å²) in [6, 6.07) is 17.4. The summed E-state index contributed by atoms with van der Waals surface area (Å²) in [5, 5.41) is 7.53. The van der Waals surface area contributed by atoms with Crippen molar-refractivity contribution in [2.45, 2.75) is 45.4 Å². The third-order valence-corrected chi connectivity index (χ3v) is 5.93. The molecule has 0 aliphatic carbocycles. The summed E-state index contributed by atoms with van der Waals surface area (Å²) in [5.74, 6) is 1.19. The number of Topliss-reactive ketones (excluding diaryl/α,β-unsaturated/α-hetero) is 1. The highest BCUT2D eigenvalue weighted by molar-refractivity contribution is 5.94. The fourth-order valence-corrected chi connectivity index (χ4v) is 3.81. The van der Waals surface area contributed by atoms with Crippen molar-refractivity contribution in [2.75, 3.05) is 27.3 Å². The molecule has 3 rings (SSSR count). The van der Waals surface area contributed by atoms with Gasteiger partial charge in [0, 0.05) is 36.8 Å². The number of aromatic nitrogens is 2. The quantitative estimate of drug-likeness (QED) is 0.251. The second-order valence-corrected chi connectivity index (χ2v) is 8.64. The summed E-state index contributed by atoms with van der Waals surface area (Å²) in [6.45, 7) is 2.67. The van der Waals surface area contributed by atoms with Gasteiger partial charge in [0.2, 0.25) is 5.91 Å². The van der Waals surface area contributed by atoms with E-state index < -0.39 is 0 Å². The molecule has 0 saturated heterocycles. The van der Waals surface area contributed by atoms with E-state index in [0.717, 1.165) is 49.2 Å². The van der Waals surface area contributed by atoms with Crippen LogP contribution >= 0.6 is 0 Å². The molecule has 2 aromatic carbocycles. The first-order valence-electron chi connectivity index (χ1n) is 12.1. The van der Waals surface area contributed by atoms with E-state index in [1.807, 2.05) is 25.2 Å². The number of rotatable bonds is 14. The number of H-pyrrole nitrogens is 1. The molecule has 35 heavy (non-hydrogen) atoms.